The molecule has 0 heterocycles. The van der Waals surface area contributed by atoms with E-state index in [9.17, 15) is 13.2 Å². The van der Waals surface area contributed by atoms with Crippen molar-refractivity contribution in [2.24, 2.45) is 5.14 Å². The number of carbonyl (C=O) groups excluding carboxylic acids is 1. The van der Waals surface area contributed by atoms with Crippen molar-refractivity contribution in [3.05, 3.63) is 53.6 Å². The fraction of sp³-hybridized carbons (Fsp3) is 0.235. The summed E-state index contributed by atoms with van der Waals surface area (Å²) >= 11 is 0. The van der Waals surface area contributed by atoms with E-state index in [1.807, 2.05) is 24.3 Å². The Kier molecular flexibility index (Phi) is 5.58. The van der Waals surface area contributed by atoms with E-state index in [-0.39, 0.29) is 17.2 Å². The molecule has 0 spiro atoms. The third kappa shape index (κ3) is 4.81. The lowest BCUT2D eigenvalue weighted by Gasteiger charge is -2.10. The number of ether oxygens (including phenoxy) is 1. The minimum atomic E-state index is -3.80. The molecule has 0 radical (unpaired) electrons. The zero-order valence-corrected chi connectivity index (χ0v) is 14.4. The van der Waals surface area contributed by atoms with Gasteiger partial charge in [0.1, 0.15) is 5.75 Å². The molecule has 0 saturated heterocycles. The summed E-state index contributed by atoms with van der Waals surface area (Å²) in [6.07, 6.45) is 0.856. The number of sulfonamides is 1. The Labute approximate surface area is 141 Å². The minimum absolute atomic E-state index is 0.0291. The van der Waals surface area contributed by atoms with Crippen LogP contribution in [-0.2, 0) is 21.2 Å². The van der Waals surface area contributed by atoms with Crippen LogP contribution in [-0.4, -0.2) is 21.4 Å². The number of nitrogens with one attached hydrogen (secondary N) is 1. The first-order chi connectivity index (χ1) is 11.3. The number of amides is 1. The van der Waals surface area contributed by atoms with Crippen LogP contribution in [0.3, 0.4) is 0 Å². The second-order valence-electron chi connectivity index (χ2n) is 5.42. The molecule has 2 rings (SSSR count). The normalized spacial score (nSPS) is 11.1. The molecule has 1 amide bonds. The van der Waals surface area contributed by atoms with Crippen molar-refractivity contribution >= 4 is 21.6 Å². The number of rotatable bonds is 6. The molecular formula is C17H20N2O4S. The van der Waals surface area contributed by atoms with Crippen molar-refractivity contribution in [1.82, 2.24) is 0 Å². The summed E-state index contributed by atoms with van der Waals surface area (Å²) in [5.41, 5.74) is 2.22. The van der Waals surface area contributed by atoms with Crippen LogP contribution in [0.4, 0.5) is 5.69 Å². The van der Waals surface area contributed by atoms with Gasteiger partial charge in [-0.05, 0) is 48.7 Å². The van der Waals surface area contributed by atoms with E-state index >= 15 is 0 Å². The Hall–Kier alpha value is -2.38. The van der Waals surface area contributed by atoms with Crippen molar-refractivity contribution in [2.45, 2.75) is 24.7 Å². The number of aryl methyl sites for hydroxylation is 2. The topological polar surface area (TPSA) is 98.5 Å². The van der Waals surface area contributed by atoms with Crippen molar-refractivity contribution in [3.8, 4) is 5.75 Å². The number of hydrogen-bond acceptors (Lipinski definition) is 4. The molecule has 0 unspecified atom stereocenters. The predicted molar refractivity (Wildman–Crippen MR) is 92.5 cm³/mol. The molecule has 0 aliphatic rings. The first-order valence-corrected chi connectivity index (χ1v) is 8.90. The molecule has 0 bridgehead atoms. The molecule has 7 heteroatoms. The molecule has 6 nitrogen and oxygen atoms in total. The van der Waals surface area contributed by atoms with E-state index in [0.717, 1.165) is 16.9 Å². The van der Waals surface area contributed by atoms with Crippen LogP contribution < -0.4 is 15.2 Å². The van der Waals surface area contributed by atoms with Gasteiger partial charge in [0, 0.05) is 12.1 Å². The van der Waals surface area contributed by atoms with Gasteiger partial charge in [-0.1, -0.05) is 18.2 Å². The largest absolute Gasteiger partial charge is 0.497 e. The molecule has 3 N–H and O–H groups in total. The smallest absolute Gasteiger partial charge is 0.238 e. The van der Waals surface area contributed by atoms with Gasteiger partial charge >= 0.3 is 0 Å². The molecule has 24 heavy (non-hydrogen) atoms. The summed E-state index contributed by atoms with van der Waals surface area (Å²) in [4.78, 5) is 12.1. The van der Waals surface area contributed by atoms with Crippen LogP contribution in [0.1, 0.15) is 17.5 Å². The van der Waals surface area contributed by atoms with Crippen LogP contribution in [0.25, 0.3) is 0 Å². The molecule has 0 atom stereocenters. The first kappa shape index (κ1) is 18.0. The van der Waals surface area contributed by atoms with Crippen molar-refractivity contribution in [1.29, 1.82) is 0 Å². The Balaban J connectivity index is 2.01. The van der Waals surface area contributed by atoms with Gasteiger partial charge in [-0.25, -0.2) is 13.6 Å². The van der Waals surface area contributed by atoms with Gasteiger partial charge < -0.3 is 10.1 Å². The molecular weight excluding hydrogens is 328 g/mol. The monoisotopic (exact) mass is 348 g/mol. The number of nitrogens with two attached hydrogens (primary N) is 1. The number of anilines is 1. The fourth-order valence-corrected chi connectivity index (χ4v) is 2.72. The summed E-state index contributed by atoms with van der Waals surface area (Å²) in [7, 11) is -2.21. The minimum Gasteiger partial charge on any atom is -0.497 e. The van der Waals surface area contributed by atoms with E-state index in [1.165, 1.54) is 12.1 Å². The molecule has 0 saturated carbocycles. The van der Waals surface area contributed by atoms with Crippen LogP contribution in [0.2, 0.25) is 0 Å². The highest BCUT2D eigenvalue weighted by molar-refractivity contribution is 7.89. The van der Waals surface area contributed by atoms with Gasteiger partial charge in [-0.15, -0.1) is 0 Å². The highest BCUT2D eigenvalue weighted by Gasteiger charge is 2.12. The molecule has 2 aromatic rings. The zero-order chi connectivity index (χ0) is 17.7. The van der Waals surface area contributed by atoms with E-state index in [4.69, 9.17) is 9.88 Å². The summed E-state index contributed by atoms with van der Waals surface area (Å²) in [6.45, 7) is 1.78. The Bertz CT molecular complexity index is 830. The lowest BCUT2D eigenvalue weighted by molar-refractivity contribution is -0.116. The van der Waals surface area contributed by atoms with Gasteiger partial charge in [0.2, 0.25) is 15.9 Å². The van der Waals surface area contributed by atoms with E-state index in [2.05, 4.69) is 5.32 Å². The van der Waals surface area contributed by atoms with E-state index in [1.54, 1.807) is 20.1 Å². The highest BCUT2D eigenvalue weighted by Crippen LogP contribution is 2.20. The number of methoxy groups -OCH3 is 1. The van der Waals surface area contributed by atoms with Crippen LogP contribution in [0.5, 0.6) is 5.75 Å². The zero-order valence-electron chi connectivity index (χ0n) is 13.6. The highest BCUT2D eigenvalue weighted by atomic mass is 32.2. The predicted octanol–water partition coefficient (Wildman–Crippen LogP) is 2.22. The summed E-state index contributed by atoms with van der Waals surface area (Å²) in [6, 6.07) is 11.9. The Morgan fingerprint density at radius 2 is 1.83 bits per heavy atom. The van der Waals surface area contributed by atoms with Crippen molar-refractivity contribution < 1.29 is 17.9 Å². The van der Waals surface area contributed by atoms with Crippen LogP contribution in [0, 0.1) is 6.92 Å². The molecule has 128 valence electrons. The summed E-state index contributed by atoms with van der Waals surface area (Å²) in [5, 5.41) is 7.85. The maximum absolute atomic E-state index is 12.1. The van der Waals surface area contributed by atoms with Crippen LogP contribution in [0.15, 0.2) is 47.4 Å². The standard InChI is InChI=1S/C17H20N2O4S/c1-12-3-9-15(24(18,21)22)11-16(12)19-17(20)10-6-13-4-7-14(23-2)8-5-13/h3-5,7-9,11H,6,10H2,1-2H3,(H,19,20)(H2,18,21,22). The van der Waals surface area contributed by atoms with Crippen molar-refractivity contribution in [3.63, 3.8) is 0 Å². The molecule has 0 aliphatic carbocycles. The third-order valence-corrected chi connectivity index (χ3v) is 4.52. The average molecular weight is 348 g/mol. The van der Waals surface area contributed by atoms with Gasteiger partial charge in [0.15, 0.2) is 0 Å². The van der Waals surface area contributed by atoms with Gasteiger partial charge in [-0.2, -0.15) is 0 Å². The van der Waals surface area contributed by atoms with Gasteiger partial charge in [0.05, 0.1) is 12.0 Å². The number of benzene rings is 2. The first-order valence-electron chi connectivity index (χ1n) is 7.36. The number of primary sulfonamides is 1. The molecule has 0 aromatic heterocycles. The molecule has 0 fully saturated rings. The van der Waals surface area contributed by atoms with Crippen molar-refractivity contribution in [2.75, 3.05) is 12.4 Å². The maximum Gasteiger partial charge on any atom is 0.238 e. The Morgan fingerprint density at radius 1 is 1.17 bits per heavy atom. The van der Waals surface area contributed by atoms with E-state index in [0.29, 0.717) is 12.1 Å². The quantitative estimate of drug-likeness (QED) is 0.836. The average Bonchev–Trinajstić information content (AvgIpc) is 2.54. The second-order valence-corrected chi connectivity index (χ2v) is 6.98. The third-order valence-electron chi connectivity index (χ3n) is 3.61. The Morgan fingerprint density at radius 3 is 2.42 bits per heavy atom. The van der Waals surface area contributed by atoms with Gasteiger partial charge in [-0.3, -0.25) is 4.79 Å². The van der Waals surface area contributed by atoms with Crippen LogP contribution >= 0.6 is 0 Å². The lowest BCUT2D eigenvalue weighted by atomic mass is 10.1. The molecule has 0 aliphatic heterocycles. The fourth-order valence-electron chi connectivity index (χ4n) is 2.18. The maximum atomic E-state index is 12.1. The number of hydrogen-bond donors (Lipinski definition) is 2. The second kappa shape index (κ2) is 7.46. The van der Waals surface area contributed by atoms with E-state index < -0.39 is 10.0 Å². The summed E-state index contributed by atoms with van der Waals surface area (Å²) in [5.74, 6) is 0.569. The number of carbonyl (C=O) groups is 1. The molecule has 2 aromatic carbocycles. The van der Waals surface area contributed by atoms with Gasteiger partial charge in [0.25, 0.3) is 0 Å². The summed E-state index contributed by atoms with van der Waals surface area (Å²) < 4.78 is 27.9. The SMILES string of the molecule is COc1ccc(CCC(=O)Nc2cc(S(N)(=O)=O)ccc2C)cc1. The lowest BCUT2D eigenvalue weighted by Crippen LogP contribution is -2.16.